The van der Waals surface area contributed by atoms with Crippen LogP contribution in [0, 0.1) is 5.92 Å². The first kappa shape index (κ1) is 22.4. The van der Waals surface area contributed by atoms with Crippen molar-refractivity contribution < 1.29 is 27.5 Å². The Morgan fingerprint density at radius 2 is 1.70 bits per heavy atom. The molecular weight excluding hydrogens is 408 g/mol. The Kier molecular flexibility index (Phi) is 6.92. The number of nitrogens with zero attached hydrogens (tertiary/aromatic N) is 2. The summed E-state index contributed by atoms with van der Waals surface area (Å²) in [6, 6.07) is 5.97. The monoisotopic (exact) mass is 436 g/mol. The van der Waals surface area contributed by atoms with E-state index < -0.39 is 28.0 Å². The maximum Gasteiger partial charge on any atom is 0.309 e. The molecule has 1 unspecified atom stereocenters. The topological polar surface area (TPSA) is 101 Å². The van der Waals surface area contributed by atoms with Crippen LogP contribution in [0.25, 0.3) is 0 Å². The number of ether oxygens (including phenoxy) is 1. The second-order valence-corrected chi connectivity index (χ2v) is 9.81. The molecular formula is C21H28N2O6S. The fourth-order valence-corrected chi connectivity index (χ4v) is 5.39. The van der Waals surface area contributed by atoms with Gasteiger partial charge in [-0.1, -0.05) is 12.1 Å². The maximum absolute atomic E-state index is 12.9. The van der Waals surface area contributed by atoms with Crippen LogP contribution in [0.3, 0.4) is 0 Å². The van der Waals surface area contributed by atoms with Crippen molar-refractivity contribution in [2.24, 2.45) is 5.92 Å². The summed E-state index contributed by atoms with van der Waals surface area (Å²) in [5, 5.41) is 0. The van der Waals surface area contributed by atoms with Crippen molar-refractivity contribution in [3.05, 3.63) is 29.8 Å². The van der Waals surface area contributed by atoms with Crippen molar-refractivity contribution in [3.8, 4) is 0 Å². The second-order valence-electron chi connectivity index (χ2n) is 7.87. The minimum absolute atomic E-state index is 0.0704. The summed E-state index contributed by atoms with van der Waals surface area (Å²) >= 11 is 0. The van der Waals surface area contributed by atoms with E-state index in [1.807, 2.05) is 0 Å². The van der Waals surface area contributed by atoms with Crippen LogP contribution in [0.5, 0.6) is 0 Å². The Morgan fingerprint density at radius 1 is 1.07 bits per heavy atom. The predicted octanol–water partition coefficient (Wildman–Crippen LogP) is 1.84. The van der Waals surface area contributed by atoms with E-state index in [0.29, 0.717) is 31.5 Å². The van der Waals surface area contributed by atoms with E-state index in [1.165, 1.54) is 23.4 Å². The van der Waals surface area contributed by atoms with E-state index in [-0.39, 0.29) is 29.7 Å². The lowest BCUT2D eigenvalue weighted by Gasteiger charge is -2.31. The molecule has 2 aliphatic heterocycles. The molecule has 1 amide bonds. The van der Waals surface area contributed by atoms with E-state index in [4.69, 9.17) is 4.74 Å². The first-order valence-corrected chi connectivity index (χ1v) is 11.7. The molecule has 9 heteroatoms. The number of esters is 1. The zero-order valence-corrected chi connectivity index (χ0v) is 18.2. The summed E-state index contributed by atoms with van der Waals surface area (Å²) in [7, 11) is -3.75. The van der Waals surface area contributed by atoms with Crippen LogP contribution < -0.4 is 0 Å². The fourth-order valence-electron chi connectivity index (χ4n) is 3.87. The van der Waals surface area contributed by atoms with Gasteiger partial charge in [0.15, 0.2) is 11.9 Å². The Bertz CT molecular complexity index is 915. The van der Waals surface area contributed by atoms with Gasteiger partial charge in [0.1, 0.15) is 0 Å². The minimum atomic E-state index is -3.75. The summed E-state index contributed by atoms with van der Waals surface area (Å²) in [5.74, 6) is -1.27. The summed E-state index contributed by atoms with van der Waals surface area (Å²) < 4.78 is 32.5. The third kappa shape index (κ3) is 4.89. The Hall–Kier alpha value is -2.26. The average Bonchev–Trinajstić information content (AvgIpc) is 3.28. The van der Waals surface area contributed by atoms with Crippen molar-refractivity contribution >= 4 is 27.7 Å². The number of ketones is 1. The van der Waals surface area contributed by atoms with Crippen LogP contribution in [-0.4, -0.2) is 67.6 Å². The molecule has 0 bridgehead atoms. The number of carbonyl (C=O) groups is 3. The number of rotatable bonds is 6. The van der Waals surface area contributed by atoms with Gasteiger partial charge in [-0.05, 0) is 51.7 Å². The highest BCUT2D eigenvalue weighted by molar-refractivity contribution is 7.89. The van der Waals surface area contributed by atoms with Gasteiger partial charge in [0.05, 0.1) is 10.8 Å². The molecule has 0 spiro atoms. The Labute approximate surface area is 177 Å². The first-order chi connectivity index (χ1) is 14.2. The lowest BCUT2D eigenvalue weighted by Crippen LogP contribution is -2.43. The molecule has 2 fully saturated rings. The smallest absolute Gasteiger partial charge is 0.309 e. The average molecular weight is 437 g/mol. The number of amides is 1. The van der Waals surface area contributed by atoms with Crippen molar-refractivity contribution in [1.82, 2.24) is 9.21 Å². The zero-order valence-electron chi connectivity index (χ0n) is 17.4. The van der Waals surface area contributed by atoms with Crippen molar-refractivity contribution in [2.75, 3.05) is 26.2 Å². The molecule has 1 atom stereocenters. The summed E-state index contributed by atoms with van der Waals surface area (Å²) in [6.45, 7) is 4.73. The molecule has 8 nitrogen and oxygen atoms in total. The fraction of sp³-hybridized carbons (Fsp3) is 0.571. The number of Topliss-reactive ketones (excluding diaryl/α,β-unsaturated/α-hetero) is 1. The number of benzene rings is 1. The zero-order chi connectivity index (χ0) is 21.9. The number of hydrogen-bond donors (Lipinski definition) is 0. The molecule has 0 N–H and O–H groups in total. The summed E-state index contributed by atoms with van der Waals surface area (Å²) in [5.41, 5.74) is 0.339. The lowest BCUT2D eigenvalue weighted by atomic mass is 9.98. The van der Waals surface area contributed by atoms with Gasteiger partial charge < -0.3 is 9.64 Å². The van der Waals surface area contributed by atoms with Gasteiger partial charge in [-0.15, -0.1) is 0 Å². The van der Waals surface area contributed by atoms with E-state index in [2.05, 4.69) is 0 Å². The molecule has 30 heavy (non-hydrogen) atoms. The molecule has 3 rings (SSSR count). The predicted molar refractivity (Wildman–Crippen MR) is 109 cm³/mol. The largest absolute Gasteiger partial charge is 0.452 e. The van der Waals surface area contributed by atoms with Crippen molar-refractivity contribution in [3.63, 3.8) is 0 Å². The lowest BCUT2D eigenvalue weighted by molar-refractivity contribution is -0.163. The highest BCUT2D eigenvalue weighted by atomic mass is 32.2. The first-order valence-electron chi connectivity index (χ1n) is 10.3. The summed E-state index contributed by atoms with van der Waals surface area (Å²) in [4.78, 5) is 38.1. The van der Waals surface area contributed by atoms with E-state index >= 15 is 0 Å². The molecule has 164 valence electrons. The quantitative estimate of drug-likeness (QED) is 0.498. The van der Waals surface area contributed by atoms with Crippen LogP contribution in [0.2, 0.25) is 0 Å². The third-order valence-corrected chi connectivity index (χ3v) is 7.62. The molecule has 0 radical (unpaired) electrons. The molecule has 2 saturated heterocycles. The second kappa shape index (κ2) is 9.26. The summed E-state index contributed by atoms with van der Waals surface area (Å²) in [6.07, 6.45) is 1.76. The Balaban J connectivity index is 1.57. The van der Waals surface area contributed by atoms with Gasteiger partial charge >= 0.3 is 5.97 Å². The van der Waals surface area contributed by atoms with Gasteiger partial charge in [-0.2, -0.15) is 4.31 Å². The highest BCUT2D eigenvalue weighted by Gasteiger charge is 2.35. The van der Waals surface area contributed by atoms with E-state index in [9.17, 15) is 22.8 Å². The van der Waals surface area contributed by atoms with Gasteiger partial charge in [-0.25, -0.2) is 8.42 Å². The molecule has 1 aromatic carbocycles. The number of piperidine rings is 1. The van der Waals surface area contributed by atoms with E-state index in [1.54, 1.807) is 24.0 Å². The van der Waals surface area contributed by atoms with E-state index in [0.717, 1.165) is 12.8 Å². The number of likely N-dealkylation sites (tertiary alicyclic amines) is 1. The molecule has 2 heterocycles. The molecule has 0 saturated carbocycles. The SMILES string of the molecule is CC(=O)c1cccc(S(=O)(=O)N2CCC(C(=O)OC(C)C(=O)N3CCCC3)CC2)c1. The van der Waals surface area contributed by atoms with Crippen molar-refractivity contribution in [2.45, 2.75) is 50.5 Å². The van der Waals surface area contributed by atoms with Crippen LogP contribution >= 0.6 is 0 Å². The minimum Gasteiger partial charge on any atom is -0.452 e. The van der Waals surface area contributed by atoms with Gasteiger partial charge in [0.2, 0.25) is 10.0 Å². The molecule has 2 aliphatic rings. The number of sulfonamides is 1. The highest BCUT2D eigenvalue weighted by Crippen LogP contribution is 2.26. The molecule has 0 aromatic heterocycles. The Morgan fingerprint density at radius 3 is 2.30 bits per heavy atom. The van der Waals surface area contributed by atoms with Crippen LogP contribution in [0.1, 0.15) is 49.9 Å². The number of carbonyl (C=O) groups excluding carboxylic acids is 3. The van der Waals surface area contributed by atoms with Gasteiger partial charge in [-0.3, -0.25) is 14.4 Å². The number of hydrogen-bond acceptors (Lipinski definition) is 6. The standard InChI is InChI=1S/C21H28N2O6S/c1-15(24)18-6-5-7-19(14-18)30(27,28)23-12-8-17(9-13-23)21(26)29-16(2)20(25)22-10-3-4-11-22/h5-7,14,16-17H,3-4,8-13H2,1-2H3. The van der Waals surface area contributed by atoms with Crippen molar-refractivity contribution in [1.29, 1.82) is 0 Å². The van der Waals surface area contributed by atoms with Crippen LogP contribution in [0.4, 0.5) is 0 Å². The van der Waals surface area contributed by atoms with Crippen LogP contribution in [0.15, 0.2) is 29.2 Å². The van der Waals surface area contributed by atoms with Gasteiger partial charge in [0, 0.05) is 31.7 Å². The maximum atomic E-state index is 12.9. The van der Waals surface area contributed by atoms with Gasteiger partial charge in [0.25, 0.3) is 5.91 Å². The third-order valence-electron chi connectivity index (χ3n) is 5.72. The normalized spacial score (nSPS) is 19.5. The molecule has 0 aliphatic carbocycles. The molecule has 1 aromatic rings. The van der Waals surface area contributed by atoms with Crippen LogP contribution in [-0.2, 0) is 24.3 Å².